The van der Waals surface area contributed by atoms with Gasteiger partial charge in [0.2, 0.25) is 0 Å². The summed E-state index contributed by atoms with van der Waals surface area (Å²) in [6.45, 7) is 3.94. The summed E-state index contributed by atoms with van der Waals surface area (Å²) in [5, 5.41) is 3.09. The van der Waals surface area contributed by atoms with E-state index in [1.54, 1.807) is 6.92 Å². The van der Waals surface area contributed by atoms with E-state index < -0.39 is 5.82 Å². The Labute approximate surface area is 139 Å². The van der Waals surface area contributed by atoms with Crippen LogP contribution in [0.4, 0.5) is 10.1 Å². The van der Waals surface area contributed by atoms with Gasteiger partial charge in [0, 0.05) is 12.2 Å². The van der Waals surface area contributed by atoms with Gasteiger partial charge >= 0.3 is 0 Å². The van der Waals surface area contributed by atoms with E-state index >= 15 is 0 Å². The Morgan fingerprint density at radius 1 is 1.00 bits per heavy atom. The van der Waals surface area contributed by atoms with Gasteiger partial charge in [-0.05, 0) is 43.2 Å². The molecule has 0 bridgehead atoms. The van der Waals surface area contributed by atoms with Crippen LogP contribution in [0.15, 0.2) is 54.2 Å². The van der Waals surface area contributed by atoms with Gasteiger partial charge in [-0.3, -0.25) is 14.5 Å². The number of carbonyl (C=O) groups is 2. The van der Waals surface area contributed by atoms with Crippen molar-refractivity contribution in [1.82, 2.24) is 4.90 Å². The van der Waals surface area contributed by atoms with Gasteiger partial charge in [0.25, 0.3) is 11.8 Å². The van der Waals surface area contributed by atoms with Gasteiger partial charge in [-0.1, -0.05) is 30.3 Å². The first kappa shape index (κ1) is 15.9. The summed E-state index contributed by atoms with van der Waals surface area (Å²) in [7, 11) is 0. The second-order valence-electron chi connectivity index (χ2n) is 5.55. The van der Waals surface area contributed by atoms with E-state index in [1.807, 2.05) is 31.2 Å². The Hall–Kier alpha value is -2.95. The Morgan fingerprint density at radius 2 is 1.67 bits per heavy atom. The molecule has 5 heteroatoms. The van der Waals surface area contributed by atoms with Crippen LogP contribution in [0.5, 0.6) is 0 Å². The average molecular weight is 324 g/mol. The Kier molecular flexibility index (Phi) is 4.16. The molecule has 0 aliphatic carbocycles. The number of aryl methyl sites for hydroxylation is 1. The Bertz CT molecular complexity index is 841. The molecular formula is C19H17FN2O2. The van der Waals surface area contributed by atoms with Crippen molar-refractivity contribution >= 4 is 23.1 Å². The van der Waals surface area contributed by atoms with E-state index in [0.29, 0.717) is 5.56 Å². The van der Waals surface area contributed by atoms with Gasteiger partial charge in [-0.2, -0.15) is 0 Å². The molecule has 2 aromatic carbocycles. The number of amides is 2. The van der Waals surface area contributed by atoms with Crippen molar-refractivity contribution in [3.8, 4) is 0 Å². The van der Waals surface area contributed by atoms with Crippen LogP contribution in [0.3, 0.4) is 0 Å². The number of rotatable bonds is 4. The van der Waals surface area contributed by atoms with Crippen molar-refractivity contribution in [2.24, 2.45) is 0 Å². The minimum absolute atomic E-state index is 0.225. The maximum atomic E-state index is 13.2. The van der Waals surface area contributed by atoms with Crippen LogP contribution in [0.25, 0.3) is 5.57 Å². The number of hydrogen-bond donors (Lipinski definition) is 1. The predicted molar refractivity (Wildman–Crippen MR) is 90.5 cm³/mol. The maximum Gasteiger partial charge on any atom is 0.278 e. The molecule has 1 aliphatic rings. The van der Waals surface area contributed by atoms with E-state index in [-0.39, 0.29) is 29.6 Å². The number of nitrogens with one attached hydrogen (secondary N) is 1. The highest BCUT2D eigenvalue weighted by Gasteiger charge is 2.38. The lowest BCUT2D eigenvalue weighted by Gasteiger charge is -2.12. The molecule has 0 aromatic heterocycles. The lowest BCUT2D eigenvalue weighted by molar-refractivity contribution is -0.136. The van der Waals surface area contributed by atoms with Crippen LogP contribution in [-0.2, 0) is 9.59 Å². The summed E-state index contributed by atoms with van der Waals surface area (Å²) in [4.78, 5) is 26.4. The molecule has 24 heavy (non-hydrogen) atoms. The fraction of sp³-hybridized carbons (Fsp3) is 0.158. The lowest BCUT2D eigenvalue weighted by atomic mass is 10.0. The Balaban J connectivity index is 2.11. The summed E-state index contributed by atoms with van der Waals surface area (Å²) < 4.78 is 13.2. The number of nitrogens with zero attached hydrogens (tertiary/aromatic N) is 1. The zero-order valence-electron chi connectivity index (χ0n) is 13.5. The van der Waals surface area contributed by atoms with E-state index in [9.17, 15) is 14.0 Å². The van der Waals surface area contributed by atoms with E-state index in [2.05, 4.69) is 5.32 Å². The van der Waals surface area contributed by atoms with Crippen molar-refractivity contribution in [3.05, 3.63) is 71.2 Å². The second-order valence-corrected chi connectivity index (χ2v) is 5.55. The number of carbonyl (C=O) groups excluding carboxylic acids is 2. The van der Waals surface area contributed by atoms with Crippen LogP contribution < -0.4 is 5.32 Å². The summed E-state index contributed by atoms with van der Waals surface area (Å²) in [6, 6.07) is 13.1. The molecule has 0 fully saturated rings. The molecule has 1 N–H and O–H groups in total. The highest BCUT2D eigenvalue weighted by atomic mass is 19.1. The van der Waals surface area contributed by atoms with Gasteiger partial charge in [-0.15, -0.1) is 0 Å². The van der Waals surface area contributed by atoms with Crippen LogP contribution in [-0.4, -0.2) is 23.3 Å². The third-order valence-corrected chi connectivity index (χ3v) is 4.02. The summed E-state index contributed by atoms with van der Waals surface area (Å²) >= 11 is 0. The number of benzene rings is 2. The van der Waals surface area contributed by atoms with Crippen molar-refractivity contribution in [2.75, 3.05) is 11.9 Å². The minimum atomic E-state index is -0.392. The predicted octanol–water partition coefficient (Wildman–Crippen LogP) is 3.35. The van der Waals surface area contributed by atoms with Crippen molar-refractivity contribution < 1.29 is 14.0 Å². The standard InChI is InChI=1S/C19H17FN2O2/c1-3-22-18(23)16(13-8-10-14(20)11-9-13)17(19(22)24)21-15-7-5-4-6-12(15)2/h4-11,21H,3H2,1-2H3. The largest absolute Gasteiger partial charge is 0.350 e. The molecule has 0 radical (unpaired) electrons. The molecule has 0 saturated carbocycles. The molecule has 4 nitrogen and oxygen atoms in total. The number of imide groups is 1. The molecule has 1 aliphatic heterocycles. The molecular weight excluding hydrogens is 307 g/mol. The molecule has 0 saturated heterocycles. The number of para-hydroxylation sites is 1. The summed E-state index contributed by atoms with van der Waals surface area (Å²) in [6.07, 6.45) is 0. The van der Waals surface area contributed by atoms with Gasteiger partial charge < -0.3 is 5.32 Å². The molecule has 0 spiro atoms. The van der Waals surface area contributed by atoms with Crippen LogP contribution in [0, 0.1) is 12.7 Å². The van der Waals surface area contributed by atoms with E-state index in [0.717, 1.165) is 11.3 Å². The Morgan fingerprint density at radius 3 is 2.29 bits per heavy atom. The van der Waals surface area contributed by atoms with Gasteiger partial charge in [0.1, 0.15) is 11.5 Å². The highest BCUT2D eigenvalue weighted by Crippen LogP contribution is 2.31. The number of anilines is 1. The quantitative estimate of drug-likeness (QED) is 0.878. The zero-order valence-corrected chi connectivity index (χ0v) is 13.5. The third-order valence-electron chi connectivity index (χ3n) is 4.02. The van der Waals surface area contributed by atoms with Gasteiger partial charge in [0.05, 0.1) is 5.57 Å². The maximum absolute atomic E-state index is 13.2. The average Bonchev–Trinajstić information content (AvgIpc) is 2.81. The monoisotopic (exact) mass is 324 g/mol. The summed E-state index contributed by atoms with van der Waals surface area (Å²) in [5.74, 6) is -1.13. The number of halogens is 1. The first-order valence-corrected chi connectivity index (χ1v) is 7.72. The molecule has 122 valence electrons. The van der Waals surface area contributed by atoms with E-state index in [1.165, 1.54) is 29.2 Å². The van der Waals surface area contributed by atoms with Crippen molar-refractivity contribution in [2.45, 2.75) is 13.8 Å². The zero-order chi connectivity index (χ0) is 17.3. The SMILES string of the molecule is CCN1C(=O)C(Nc2ccccc2C)=C(c2ccc(F)cc2)C1=O. The van der Waals surface area contributed by atoms with Crippen LogP contribution in [0.1, 0.15) is 18.1 Å². The topological polar surface area (TPSA) is 49.4 Å². The molecule has 0 atom stereocenters. The number of hydrogen-bond acceptors (Lipinski definition) is 3. The molecule has 0 unspecified atom stereocenters. The molecule has 3 rings (SSSR count). The first-order valence-electron chi connectivity index (χ1n) is 7.72. The van der Waals surface area contributed by atoms with E-state index in [4.69, 9.17) is 0 Å². The molecule has 1 heterocycles. The van der Waals surface area contributed by atoms with Crippen LogP contribution in [0.2, 0.25) is 0 Å². The lowest BCUT2D eigenvalue weighted by Crippen LogP contribution is -2.32. The highest BCUT2D eigenvalue weighted by molar-refractivity contribution is 6.36. The first-order chi connectivity index (χ1) is 11.5. The third kappa shape index (κ3) is 2.69. The van der Waals surface area contributed by atoms with Crippen molar-refractivity contribution in [1.29, 1.82) is 0 Å². The fourth-order valence-electron chi connectivity index (χ4n) is 2.71. The van der Waals surface area contributed by atoms with Crippen molar-refractivity contribution in [3.63, 3.8) is 0 Å². The second kappa shape index (κ2) is 6.28. The number of likely N-dealkylation sites (N-methyl/N-ethyl adjacent to an activating group) is 1. The summed E-state index contributed by atoms with van der Waals surface area (Å²) in [5.41, 5.74) is 2.72. The molecule has 2 aromatic rings. The molecule has 2 amide bonds. The smallest absolute Gasteiger partial charge is 0.278 e. The van der Waals surface area contributed by atoms with Gasteiger partial charge in [-0.25, -0.2) is 4.39 Å². The normalized spacial score (nSPS) is 14.5. The minimum Gasteiger partial charge on any atom is -0.350 e. The van der Waals surface area contributed by atoms with Crippen LogP contribution >= 0.6 is 0 Å². The fourth-order valence-corrected chi connectivity index (χ4v) is 2.71. The van der Waals surface area contributed by atoms with Gasteiger partial charge in [0.15, 0.2) is 0 Å².